The highest BCUT2D eigenvalue weighted by molar-refractivity contribution is 5.92. The molecule has 3 heteroatoms. The Morgan fingerprint density at radius 1 is 1.00 bits per heavy atom. The number of rotatable bonds is 5. The highest BCUT2D eigenvalue weighted by Gasteiger charge is 2.11. The quantitative estimate of drug-likeness (QED) is 0.833. The summed E-state index contributed by atoms with van der Waals surface area (Å²) >= 11 is 0. The Morgan fingerprint density at radius 3 is 2.27 bits per heavy atom. The van der Waals surface area contributed by atoms with Crippen LogP contribution >= 0.6 is 0 Å². The third-order valence-corrected chi connectivity index (χ3v) is 3.70. The molecule has 2 aromatic rings. The third kappa shape index (κ3) is 4.10. The normalized spacial score (nSPS) is 10.4. The first kappa shape index (κ1) is 16.1. The molecule has 2 rings (SSSR count). The topological polar surface area (TPSA) is 29.5 Å². The van der Waals surface area contributed by atoms with Gasteiger partial charge in [0.15, 0.2) is 0 Å². The predicted molar refractivity (Wildman–Crippen MR) is 90.6 cm³/mol. The van der Waals surface area contributed by atoms with Crippen molar-refractivity contribution in [1.29, 1.82) is 0 Å². The molecule has 0 aliphatic carbocycles. The maximum absolute atomic E-state index is 12.2. The molecule has 0 radical (unpaired) electrons. The number of hydrogen-bond acceptors (Lipinski definition) is 2. The van der Waals surface area contributed by atoms with Crippen LogP contribution < -0.4 is 9.64 Å². The van der Waals surface area contributed by atoms with Crippen LogP contribution in [0.1, 0.15) is 23.1 Å². The van der Waals surface area contributed by atoms with Gasteiger partial charge in [-0.05, 0) is 44.5 Å². The molecule has 22 heavy (non-hydrogen) atoms. The van der Waals surface area contributed by atoms with E-state index in [2.05, 4.69) is 13.0 Å². The van der Waals surface area contributed by atoms with Crippen molar-refractivity contribution >= 4 is 11.6 Å². The molecule has 0 bridgehead atoms. The molecule has 0 saturated heterocycles. The van der Waals surface area contributed by atoms with Crippen LogP contribution in [0.3, 0.4) is 0 Å². The third-order valence-electron chi connectivity index (χ3n) is 3.70. The average molecular weight is 297 g/mol. The van der Waals surface area contributed by atoms with E-state index < -0.39 is 0 Å². The molecule has 0 atom stereocenters. The lowest BCUT2D eigenvalue weighted by Crippen LogP contribution is -2.27. The van der Waals surface area contributed by atoms with Gasteiger partial charge in [0.1, 0.15) is 5.75 Å². The Kier molecular flexibility index (Phi) is 5.21. The molecule has 0 N–H and O–H groups in total. The number of benzene rings is 2. The van der Waals surface area contributed by atoms with Gasteiger partial charge in [-0.15, -0.1) is 0 Å². The minimum Gasteiger partial charge on any atom is -0.493 e. The largest absolute Gasteiger partial charge is 0.493 e. The Balaban J connectivity index is 1.88. The zero-order chi connectivity index (χ0) is 16.1. The summed E-state index contributed by atoms with van der Waals surface area (Å²) < 4.78 is 5.72. The smallest absolute Gasteiger partial charge is 0.230 e. The maximum atomic E-state index is 12.2. The molecule has 3 nitrogen and oxygen atoms in total. The van der Waals surface area contributed by atoms with Crippen molar-refractivity contribution in [2.45, 2.75) is 27.2 Å². The van der Waals surface area contributed by atoms with Crippen LogP contribution in [0.25, 0.3) is 0 Å². The zero-order valence-corrected chi connectivity index (χ0v) is 13.7. The number of anilines is 1. The average Bonchev–Trinajstić information content (AvgIpc) is 2.49. The summed E-state index contributed by atoms with van der Waals surface area (Å²) in [5, 5.41) is 0. The first-order chi connectivity index (χ1) is 10.5. The molecule has 1 amide bonds. The van der Waals surface area contributed by atoms with Gasteiger partial charge in [0, 0.05) is 12.7 Å². The minimum atomic E-state index is 0.0496. The van der Waals surface area contributed by atoms with E-state index >= 15 is 0 Å². The Labute approximate surface area is 132 Å². The van der Waals surface area contributed by atoms with Gasteiger partial charge in [0.05, 0.1) is 13.0 Å². The highest BCUT2D eigenvalue weighted by atomic mass is 16.5. The molecule has 0 aromatic heterocycles. The van der Waals surface area contributed by atoms with Gasteiger partial charge < -0.3 is 9.64 Å². The molecular formula is C19H23NO2. The summed E-state index contributed by atoms with van der Waals surface area (Å²) in [6.07, 6.45) is 0.359. The number of aryl methyl sites for hydroxylation is 3. The highest BCUT2D eigenvalue weighted by Crippen LogP contribution is 2.19. The van der Waals surface area contributed by atoms with E-state index in [0.29, 0.717) is 13.0 Å². The van der Waals surface area contributed by atoms with Gasteiger partial charge in [-0.3, -0.25) is 4.79 Å². The van der Waals surface area contributed by atoms with Crippen LogP contribution in [0.15, 0.2) is 42.5 Å². The molecule has 0 unspecified atom stereocenters. The van der Waals surface area contributed by atoms with Gasteiger partial charge in [-0.1, -0.05) is 35.4 Å². The molecule has 0 aliphatic heterocycles. The number of ether oxygens (including phenoxy) is 1. The number of carbonyl (C=O) groups excluding carboxylic acids is 1. The molecule has 0 heterocycles. The molecule has 0 fully saturated rings. The summed E-state index contributed by atoms with van der Waals surface area (Å²) in [6, 6.07) is 14.0. The summed E-state index contributed by atoms with van der Waals surface area (Å²) in [6.45, 7) is 6.49. The number of amides is 1. The Bertz CT molecular complexity index is 647. The first-order valence-electron chi connectivity index (χ1n) is 7.50. The summed E-state index contributed by atoms with van der Waals surface area (Å²) in [7, 11) is 1.80. The van der Waals surface area contributed by atoms with Crippen molar-refractivity contribution in [2.75, 3.05) is 18.6 Å². The van der Waals surface area contributed by atoms with Gasteiger partial charge >= 0.3 is 0 Å². The molecule has 0 saturated carbocycles. The van der Waals surface area contributed by atoms with Crippen molar-refractivity contribution in [1.82, 2.24) is 0 Å². The SMILES string of the molecule is Cc1ccc(N(C)C(=O)CCOc2ccc(C)cc2C)cc1. The van der Waals surface area contributed by atoms with E-state index in [1.165, 1.54) is 11.1 Å². The van der Waals surface area contributed by atoms with Crippen molar-refractivity contribution < 1.29 is 9.53 Å². The lowest BCUT2D eigenvalue weighted by molar-refractivity contribution is -0.118. The fourth-order valence-electron chi connectivity index (χ4n) is 2.29. The van der Waals surface area contributed by atoms with Crippen LogP contribution in [0, 0.1) is 20.8 Å². The van der Waals surface area contributed by atoms with Crippen LogP contribution in [-0.2, 0) is 4.79 Å². The van der Waals surface area contributed by atoms with Crippen molar-refractivity contribution in [3.63, 3.8) is 0 Å². The Hall–Kier alpha value is -2.29. The van der Waals surface area contributed by atoms with Crippen LogP contribution in [0.5, 0.6) is 5.75 Å². The monoisotopic (exact) mass is 297 g/mol. The van der Waals surface area contributed by atoms with Gasteiger partial charge in [0.25, 0.3) is 0 Å². The van der Waals surface area contributed by atoms with E-state index in [9.17, 15) is 4.79 Å². The predicted octanol–water partition coefficient (Wildman–Crippen LogP) is 4.04. The lowest BCUT2D eigenvalue weighted by Gasteiger charge is -2.18. The standard InChI is InChI=1S/C19H23NO2/c1-14-5-8-17(9-6-14)20(4)19(21)11-12-22-18-10-7-15(2)13-16(18)3/h5-10,13H,11-12H2,1-4H3. The fourth-order valence-corrected chi connectivity index (χ4v) is 2.29. The van der Waals surface area contributed by atoms with Crippen LogP contribution in [0.2, 0.25) is 0 Å². The van der Waals surface area contributed by atoms with E-state index in [-0.39, 0.29) is 5.91 Å². The number of nitrogens with zero attached hydrogens (tertiary/aromatic N) is 1. The molecule has 116 valence electrons. The van der Waals surface area contributed by atoms with E-state index in [1.54, 1.807) is 11.9 Å². The van der Waals surface area contributed by atoms with E-state index in [0.717, 1.165) is 17.0 Å². The van der Waals surface area contributed by atoms with E-state index in [4.69, 9.17) is 4.74 Å². The number of carbonyl (C=O) groups is 1. The minimum absolute atomic E-state index is 0.0496. The fraction of sp³-hybridized carbons (Fsp3) is 0.316. The van der Waals surface area contributed by atoms with Crippen molar-refractivity contribution in [3.8, 4) is 5.75 Å². The first-order valence-corrected chi connectivity index (χ1v) is 7.50. The maximum Gasteiger partial charge on any atom is 0.230 e. The van der Waals surface area contributed by atoms with Crippen molar-refractivity contribution in [2.24, 2.45) is 0 Å². The van der Waals surface area contributed by atoms with Crippen LogP contribution in [-0.4, -0.2) is 19.6 Å². The van der Waals surface area contributed by atoms with Gasteiger partial charge in [0.2, 0.25) is 5.91 Å². The van der Waals surface area contributed by atoms with Gasteiger partial charge in [-0.2, -0.15) is 0 Å². The molecule has 0 spiro atoms. The van der Waals surface area contributed by atoms with Crippen LogP contribution in [0.4, 0.5) is 5.69 Å². The Morgan fingerprint density at radius 2 is 1.64 bits per heavy atom. The van der Waals surface area contributed by atoms with Gasteiger partial charge in [-0.25, -0.2) is 0 Å². The zero-order valence-electron chi connectivity index (χ0n) is 13.7. The second-order valence-corrected chi connectivity index (χ2v) is 5.66. The molecule has 2 aromatic carbocycles. The number of hydrogen-bond donors (Lipinski definition) is 0. The summed E-state index contributed by atoms with van der Waals surface area (Å²) in [5.74, 6) is 0.894. The van der Waals surface area contributed by atoms with Crippen molar-refractivity contribution in [3.05, 3.63) is 59.2 Å². The molecule has 0 aliphatic rings. The second-order valence-electron chi connectivity index (χ2n) is 5.66. The molecular weight excluding hydrogens is 274 g/mol. The summed E-state index contributed by atoms with van der Waals surface area (Å²) in [4.78, 5) is 13.9. The lowest BCUT2D eigenvalue weighted by atomic mass is 10.1. The second kappa shape index (κ2) is 7.12. The summed E-state index contributed by atoms with van der Waals surface area (Å²) in [5.41, 5.74) is 4.39. The van der Waals surface area contributed by atoms with E-state index in [1.807, 2.05) is 50.2 Å².